The third-order valence-electron chi connectivity index (χ3n) is 5.80. The van der Waals surface area contributed by atoms with Crippen LogP contribution in [0.15, 0.2) is 18.2 Å². The Morgan fingerprint density at radius 2 is 1.88 bits per heavy atom. The Hall–Kier alpha value is -1.71. The summed E-state index contributed by atoms with van der Waals surface area (Å²) in [6.07, 6.45) is 6.78. The van der Waals surface area contributed by atoms with Crippen molar-refractivity contribution < 1.29 is 4.79 Å². The van der Waals surface area contributed by atoms with Crippen molar-refractivity contribution in [1.29, 1.82) is 0 Å². The summed E-state index contributed by atoms with van der Waals surface area (Å²) in [7, 11) is 0. The number of hydrogen-bond donors (Lipinski definition) is 2. The summed E-state index contributed by atoms with van der Waals surface area (Å²) in [5.41, 5.74) is 9.36. The predicted molar refractivity (Wildman–Crippen MR) is 100 cm³/mol. The molecule has 1 saturated heterocycles. The monoisotopic (exact) mass is 329 g/mol. The van der Waals surface area contributed by atoms with Crippen LogP contribution in [0.2, 0.25) is 0 Å². The highest BCUT2D eigenvalue weighted by Crippen LogP contribution is 2.31. The summed E-state index contributed by atoms with van der Waals surface area (Å²) in [5, 5.41) is 3.57. The van der Waals surface area contributed by atoms with Crippen molar-refractivity contribution in [2.45, 2.75) is 58.4 Å². The van der Waals surface area contributed by atoms with E-state index in [1.165, 1.54) is 30.5 Å². The number of anilines is 2. The molecule has 1 aromatic rings. The van der Waals surface area contributed by atoms with Gasteiger partial charge in [0.05, 0.1) is 5.92 Å². The Labute approximate surface area is 145 Å². The van der Waals surface area contributed by atoms with E-state index in [0.29, 0.717) is 0 Å². The minimum Gasteiger partial charge on any atom is -0.382 e. The first kappa shape index (κ1) is 17.1. The van der Waals surface area contributed by atoms with Crippen molar-refractivity contribution >= 4 is 17.3 Å². The van der Waals surface area contributed by atoms with Crippen LogP contribution in [0.1, 0.15) is 51.0 Å². The van der Waals surface area contributed by atoms with E-state index in [-0.39, 0.29) is 17.9 Å². The van der Waals surface area contributed by atoms with E-state index in [1.54, 1.807) is 0 Å². The molecule has 3 N–H and O–H groups in total. The molecular weight excluding hydrogens is 298 g/mol. The lowest BCUT2D eigenvalue weighted by molar-refractivity contribution is -0.122. The second-order valence-electron chi connectivity index (χ2n) is 7.71. The van der Waals surface area contributed by atoms with E-state index in [9.17, 15) is 4.79 Å². The first-order chi connectivity index (χ1) is 11.5. The average molecular weight is 329 g/mol. The van der Waals surface area contributed by atoms with Gasteiger partial charge in [0.2, 0.25) is 5.91 Å². The molecule has 4 nitrogen and oxygen atoms in total. The molecule has 1 amide bonds. The molecule has 2 fully saturated rings. The van der Waals surface area contributed by atoms with Crippen LogP contribution >= 0.6 is 0 Å². The largest absolute Gasteiger partial charge is 0.382 e. The van der Waals surface area contributed by atoms with Crippen LogP contribution in [0.25, 0.3) is 0 Å². The molecule has 24 heavy (non-hydrogen) atoms. The number of carbonyl (C=O) groups excluding carboxylic acids is 1. The number of benzene rings is 1. The Morgan fingerprint density at radius 3 is 2.54 bits per heavy atom. The zero-order valence-corrected chi connectivity index (χ0v) is 15.1. The fourth-order valence-electron chi connectivity index (χ4n) is 4.21. The number of primary amides is 1. The van der Waals surface area contributed by atoms with Gasteiger partial charge in [-0.15, -0.1) is 0 Å². The number of nitrogens with zero attached hydrogens (tertiary/aromatic N) is 1. The van der Waals surface area contributed by atoms with Crippen LogP contribution in [0.5, 0.6) is 0 Å². The smallest absolute Gasteiger partial charge is 0.222 e. The van der Waals surface area contributed by atoms with E-state index < -0.39 is 0 Å². The number of rotatable bonds is 4. The van der Waals surface area contributed by atoms with Gasteiger partial charge in [-0.05, 0) is 62.3 Å². The van der Waals surface area contributed by atoms with Gasteiger partial charge in [-0.25, -0.2) is 0 Å². The van der Waals surface area contributed by atoms with Gasteiger partial charge in [0.15, 0.2) is 0 Å². The normalized spacial score (nSPS) is 25.5. The molecule has 1 saturated carbocycles. The molecule has 1 aliphatic heterocycles. The third kappa shape index (κ3) is 3.85. The van der Waals surface area contributed by atoms with Crippen LogP contribution in [0.3, 0.4) is 0 Å². The maximum Gasteiger partial charge on any atom is 0.222 e. The van der Waals surface area contributed by atoms with Crippen molar-refractivity contribution in [2.75, 3.05) is 23.3 Å². The van der Waals surface area contributed by atoms with Gasteiger partial charge in [0.1, 0.15) is 0 Å². The second kappa shape index (κ2) is 7.45. The molecule has 0 radical (unpaired) electrons. The van der Waals surface area contributed by atoms with Gasteiger partial charge in [0, 0.05) is 30.5 Å². The standard InChI is InChI=1S/C20H31N3O/c1-14-9-11-23(12-10-14)19-8-7-16(13-15(19)2)22-18-6-4-3-5-17(18)20(21)24/h7-8,13-14,17-18,22H,3-6,9-12H2,1-2H3,(H2,21,24). The molecule has 1 aliphatic carbocycles. The number of nitrogens with one attached hydrogen (secondary N) is 1. The summed E-state index contributed by atoms with van der Waals surface area (Å²) in [4.78, 5) is 14.2. The molecule has 0 spiro atoms. The van der Waals surface area contributed by atoms with Crippen LogP contribution < -0.4 is 16.0 Å². The first-order valence-electron chi connectivity index (χ1n) is 9.46. The highest BCUT2D eigenvalue weighted by Gasteiger charge is 2.29. The summed E-state index contributed by atoms with van der Waals surface area (Å²) in [6, 6.07) is 6.79. The number of carbonyl (C=O) groups is 1. The van der Waals surface area contributed by atoms with E-state index in [2.05, 4.69) is 42.3 Å². The quantitative estimate of drug-likeness (QED) is 0.886. The molecule has 4 heteroatoms. The van der Waals surface area contributed by atoms with Crippen molar-refractivity contribution in [1.82, 2.24) is 0 Å². The maximum absolute atomic E-state index is 11.7. The minimum atomic E-state index is -0.164. The SMILES string of the molecule is Cc1cc(NC2CCCCC2C(N)=O)ccc1N1CCC(C)CC1. The zero-order valence-electron chi connectivity index (χ0n) is 15.1. The van der Waals surface area contributed by atoms with Crippen LogP contribution in [-0.4, -0.2) is 25.0 Å². The fourth-order valence-corrected chi connectivity index (χ4v) is 4.21. The maximum atomic E-state index is 11.7. The van der Waals surface area contributed by atoms with Crippen molar-refractivity contribution in [2.24, 2.45) is 17.6 Å². The topological polar surface area (TPSA) is 58.4 Å². The van der Waals surface area contributed by atoms with Gasteiger partial charge >= 0.3 is 0 Å². The molecule has 0 bridgehead atoms. The van der Waals surface area contributed by atoms with Crippen LogP contribution in [-0.2, 0) is 4.79 Å². The predicted octanol–water partition coefficient (Wildman–Crippen LogP) is 3.69. The fraction of sp³-hybridized carbons (Fsp3) is 0.650. The minimum absolute atomic E-state index is 0.0395. The number of nitrogens with two attached hydrogens (primary N) is 1. The van der Waals surface area contributed by atoms with Crippen molar-refractivity contribution in [3.63, 3.8) is 0 Å². The molecule has 0 aromatic heterocycles. The Kier molecular flexibility index (Phi) is 5.32. The lowest BCUT2D eigenvalue weighted by Gasteiger charge is -2.34. The first-order valence-corrected chi connectivity index (χ1v) is 9.46. The summed E-state index contributed by atoms with van der Waals surface area (Å²) in [6.45, 7) is 6.84. The number of hydrogen-bond acceptors (Lipinski definition) is 3. The van der Waals surface area contributed by atoms with Gasteiger partial charge in [0.25, 0.3) is 0 Å². The van der Waals surface area contributed by atoms with E-state index in [1.807, 2.05) is 0 Å². The van der Waals surface area contributed by atoms with Crippen LogP contribution in [0.4, 0.5) is 11.4 Å². The Balaban J connectivity index is 1.69. The highest BCUT2D eigenvalue weighted by atomic mass is 16.1. The average Bonchev–Trinajstić information content (AvgIpc) is 2.56. The number of aryl methyl sites for hydroxylation is 1. The molecule has 1 aromatic carbocycles. The molecule has 132 valence electrons. The highest BCUT2D eigenvalue weighted by molar-refractivity contribution is 5.78. The second-order valence-corrected chi connectivity index (χ2v) is 7.71. The zero-order chi connectivity index (χ0) is 17.1. The Bertz CT molecular complexity index is 578. The lowest BCUT2D eigenvalue weighted by atomic mass is 9.84. The molecule has 3 rings (SSSR count). The molecule has 2 aliphatic rings. The summed E-state index contributed by atoms with van der Waals surface area (Å²) in [5.74, 6) is 0.643. The van der Waals surface area contributed by atoms with Crippen LogP contribution in [0, 0.1) is 18.8 Å². The number of amides is 1. The Morgan fingerprint density at radius 1 is 1.17 bits per heavy atom. The molecular formula is C20H31N3O. The van der Waals surface area contributed by atoms with Gasteiger partial charge < -0.3 is 16.0 Å². The van der Waals surface area contributed by atoms with Gasteiger partial charge in [-0.3, -0.25) is 4.79 Å². The van der Waals surface area contributed by atoms with Crippen molar-refractivity contribution in [3.05, 3.63) is 23.8 Å². The summed E-state index contributed by atoms with van der Waals surface area (Å²) >= 11 is 0. The van der Waals surface area contributed by atoms with E-state index in [0.717, 1.165) is 44.0 Å². The summed E-state index contributed by atoms with van der Waals surface area (Å²) < 4.78 is 0. The lowest BCUT2D eigenvalue weighted by Crippen LogP contribution is -2.40. The van der Waals surface area contributed by atoms with E-state index >= 15 is 0 Å². The van der Waals surface area contributed by atoms with Gasteiger partial charge in [-0.1, -0.05) is 19.8 Å². The molecule has 1 heterocycles. The van der Waals surface area contributed by atoms with E-state index in [4.69, 9.17) is 5.73 Å². The molecule has 2 atom stereocenters. The van der Waals surface area contributed by atoms with Crippen molar-refractivity contribution in [3.8, 4) is 0 Å². The molecule has 2 unspecified atom stereocenters. The number of piperidine rings is 1. The third-order valence-corrected chi connectivity index (χ3v) is 5.80. The van der Waals surface area contributed by atoms with Gasteiger partial charge in [-0.2, -0.15) is 0 Å².